The smallest absolute Gasteiger partial charge is 0.234 e. The zero-order valence-corrected chi connectivity index (χ0v) is 29.0. The minimum absolute atomic E-state index is 0.0892. The van der Waals surface area contributed by atoms with Crippen molar-refractivity contribution in [3.05, 3.63) is 86.1 Å². The van der Waals surface area contributed by atoms with Crippen LogP contribution in [0.5, 0.6) is 0 Å². The number of hydrogen-bond acceptors (Lipinski definition) is 12. The van der Waals surface area contributed by atoms with E-state index in [1.165, 1.54) is 20.8 Å². The van der Waals surface area contributed by atoms with Crippen LogP contribution in [0.15, 0.2) is 51.9 Å². The molecule has 246 valence electrons. The predicted octanol–water partition coefficient (Wildman–Crippen LogP) is 2.47. The Bertz CT molecular complexity index is 1690. The minimum atomic E-state index is -3.66. The van der Waals surface area contributed by atoms with E-state index >= 15 is 0 Å². The van der Waals surface area contributed by atoms with Crippen LogP contribution in [-0.2, 0) is 30.1 Å². The number of nitrogens with two attached hydrogens (primary N) is 3. The summed E-state index contributed by atoms with van der Waals surface area (Å²) in [5.41, 5.74) is 4.16. The minimum Gasteiger partial charge on any atom is -0.237 e. The van der Waals surface area contributed by atoms with Gasteiger partial charge in [0, 0.05) is 53.9 Å². The Balaban J connectivity index is 0.000000337. The van der Waals surface area contributed by atoms with Crippen LogP contribution in [0, 0.1) is 20.8 Å². The molecular formula is C27H39N9O6S3. The van der Waals surface area contributed by atoms with Gasteiger partial charge in [0.2, 0.25) is 30.1 Å². The summed E-state index contributed by atoms with van der Waals surface area (Å²) in [5, 5.41) is 15.0. The van der Waals surface area contributed by atoms with Crippen molar-refractivity contribution in [1.29, 1.82) is 0 Å². The first-order valence-corrected chi connectivity index (χ1v) is 17.6. The Morgan fingerprint density at radius 3 is 0.711 bits per heavy atom. The van der Waals surface area contributed by atoms with Gasteiger partial charge in [0.25, 0.3) is 0 Å². The predicted molar refractivity (Wildman–Crippen MR) is 174 cm³/mol. The van der Waals surface area contributed by atoms with Crippen molar-refractivity contribution in [3.8, 4) is 0 Å². The van der Waals surface area contributed by atoms with Crippen molar-refractivity contribution < 1.29 is 25.3 Å². The molecule has 3 heterocycles. The quantitative estimate of drug-likeness (QED) is 0.339. The lowest BCUT2D eigenvalue weighted by Gasteiger charge is -2.04. The fourth-order valence-electron chi connectivity index (χ4n) is 2.87. The van der Waals surface area contributed by atoms with Crippen molar-refractivity contribution in [2.24, 2.45) is 15.4 Å². The van der Waals surface area contributed by atoms with Crippen LogP contribution in [0.3, 0.4) is 0 Å². The maximum atomic E-state index is 11.1. The lowest BCUT2D eigenvalue weighted by atomic mass is 10.2. The average Bonchev–Trinajstić information content (AvgIpc) is 2.95. The number of primary sulfonamides is 3. The van der Waals surface area contributed by atoms with Crippen LogP contribution < -0.4 is 15.4 Å². The summed E-state index contributed by atoms with van der Waals surface area (Å²) in [5.74, 6) is 1.14. The molecule has 0 bridgehead atoms. The summed E-state index contributed by atoms with van der Waals surface area (Å²) in [6, 6.07) is 0. The zero-order valence-electron chi connectivity index (χ0n) is 26.6. The standard InChI is InChI=1S/3C9H13N3O2S/c3*1-6-4-11-9(12-5-6)7(2)8(3)15(10,13)14/h3*4-5H,1-3H3,(H2,10,13,14)/b3*8-7+. The van der Waals surface area contributed by atoms with Gasteiger partial charge >= 0.3 is 0 Å². The van der Waals surface area contributed by atoms with Gasteiger partial charge < -0.3 is 0 Å². The molecule has 0 aliphatic carbocycles. The van der Waals surface area contributed by atoms with Crippen molar-refractivity contribution >= 4 is 46.8 Å². The highest BCUT2D eigenvalue weighted by Gasteiger charge is 2.14. The number of hydrogen-bond donors (Lipinski definition) is 3. The van der Waals surface area contributed by atoms with Gasteiger partial charge in [0.05, 0.1) is 14.7 Å². The van der Waals surface area contributed by atoms with E-state index < -0.39 is 30.1 Å². The molecule has 0 saturated heterocycles. The van der Waals surface area contributed by atoms with E-state index in [4.69, 9.17) is 15.4 Å². The van der Waals surface area contributed by atoms with E-state index in [1.807, 2.05) is 20.8 Å². The molecule has 6 N–H and O–H groups in total. The monoisotopic (exact) mass is 681 g/mol. The molecule has 45 heavy (non-hydrogen) atoms. The molecule has 15 nitrogen and oxygen atoms in total. The highest BCUT2D eigenvalue weighted by atomic mass is 32.2. The molecule has 3 rings (SSSR count). The van der Waals surface area contributed by atoms with Crippen LogP contribution in [0.25, 0.3) is 16.7 Å². The SMILES string of the molecule is C/C(=C(/C)S(N)(=O)=O)c1ncc(C)cn1.C/C(=C(/C)S(N)(=O)=O)c1ncc(C)cn1.C/C(=C(/C)S(N)(=O)=O)c1ncc(C)cn1. The Morgan fingerprint density at radius 1 is 0.422 bits per heavy atom. The number of rotatable bonds is 6. The summed E-state index contributed by atoms with van der Waals surface area (Å²) in [6.45, 7) is 14.8. The summed E-state index contributed by atoms with van der Waals surface area (Å²) >= 11 is 0. The summed E-state index contributed by atoms with van der Waals surface area (Å²) in [6.07, 6.45) is 9.76. The molecule has 0 unspecified atom stereocenters. The first-order valence-electron chi connectivity index (χ1n) is 12.9. The van der Waals surface area contributed by atoms with Crippen LogP contribution in [-0.4, -0.2) is 55.2 Å². The molecule has 0 saturated carbocycles. The van der Waals surface area contributed by atoms with E-state index in [0.717, 1.165) is 16.7 Å². The van der Waals surface area contributed by atoms with Crippen molar-refractivity contribution in [2.45, 2.75) is 62.3 Å². The Labute approximate surface area is 265 Å². The van der Waals surface area contributed by atoms with E-state index in [1.54, 1.807) is 58.0 Å². The fourth-order valence-corrected chi connectivity index (χ4v) is 4.43. The molecule has 18 heteroatoms. The highest BCUT2D eigenvalue weighted by Crippen LogP contribution is 2.18. The number of allylic oxidation sites excluding steroid dienone is 6. The molecule has 0 fully saturated rings. The van der Waals surface area contributed by atoms with E-state index in [2.05, 4.69) is 29.9 Å². The van der Waals surface area contributed by atoms with Gasteiger partial charge in [0.15, 0.2) is 17.5 Å². The van der Waals surface area contributed by atoms with Gasteiger partial charge in [0.1, 0.15) is 0 Å². The second-order valence-electron chi connectivity index (χ2n) is 9.93. The molecular weight excluding hydrogens is 643 g/mol. The van der Waals surface area contributed by atoms with Crippen molar-refractivity contribution in [3.63, 3.8) is 0 Å². The summed E-state index contributed by atoms with van der Waals surface area (Å²) in [4.78, 5) is 24.4. The summed E-state index contributed by atoms with van der Waals surface area (Å²) < 4.78 is 66.5. The Hall–Kier alpha value is -3.81. The molecule has 0 atom stereocenters. The van der Waals surface area contributed by atoms with Gasteiger partial charge in [-0.1, -0.05) is 0 Å². The molecule has 0 aliphatic heterocycles. The average molecular weight is 682 g/mol. The van der Waals surface area contributed by atoms with Gasteiger partial charge in [-0.2, -0.15) is 0 Å². The number of sulfonamides is 3. The second-order valence-corrected chi connectivity index (χ2v) is 15.0. The summed E-state index contributed by atoms with van der Waals surface area (Å²) in [7, 11) is -11.0. The molecule has 0 spiro atoms. The van der Waals surface area contributed by atoms with Crippen LogP contribution in [0.2, 0.25) is 0 Å². The highest BCUT2D eigenvalue weighted by molar-refractivity contribution is 7.93. The van der Waals surface area contributed by atoms with E-state index in [0.29, 0.717) is 34.2 Å². The van der Waals surface area contributed by atoms with E-state index in [-0.39, 0.29) is 14.7 Å². The topological polar surface area (TPSA) is 258 Å². The first kappa shape index (κ1) is 39.2. The van der Waals surface area contributed by atoms with Crippen LogP contribution >= 0.6 is 0 Å². The lowest BCUT2D eigenvalue weighted by Crippen LogP contribution is -2.14. The third-order valence-corrected chi connectivity index (χ3v) is 9.69. The molecule has 3 aromatic rings. The van der Waals surface area contributed by atoms with Crippen LogP contribution in [0.1, 0.15) is 75.7 Å². The molecule has 0 aliphatic rings. The van der Waals surface area contributed by atoms with Crippen LogP contribution in [0.4, 0.5) is 0 Å². The molecule has 3 aromatic heterocycles. The second kappa shape index (κ2) is 16.0. The van der Waals surface area contributed by atoms with Crippen molar-refractivity contribution in [1.82, 2.24) is 29.9 Å². The lowest BCUT2D eigenvalue weighted by molar-refractivity contribution is 0.602. The normalized spacial score (nSPS) is 13.6. The maximum Gasteiger partial charge on any atom is 0.234 e. The van der Waals surface area contributed by atoms with Crippen molar-refractivity contribution in [2.75, 3.05) is 0 Å². The maximum absolute atomic E-state index is 11.1. The van der Waals surface area contributed by atoms with Gasteiger partial charge in [-0.3, -0.25) is 0 Å². The van der Waals surface area contributed by atoms with Gasteiger partial charge in [-0.25, -0.2) is 70.6 Å². The zero-order chi connectivity index (χ0) is 34.9. The van der Waals surface area contributed by atoms with E-state index in [9.17, 15) is 25.3 Å². The Kier molecular flexibility index (Phi) is 13.9. The molecule has 0 amide bonds. The largest absolute Gasteiger partial charge is 0.237 e. The number of nitrogens with zero attached hydrogens (tertiary/aromatic N) is 6. The molecule has 0 aromatic carbocycles. The fraction of sp³-hybridized carbons (Fsp3) is 0.333. The third kappa shape index (κ3) is 12.6. The first-order chi connectivity index (χ1) is 20.5. The number of aromatic nitrogens is 6. The number of aryl methyl sites for hydroxylation is 3. The molecule has 0 radical (unpaired) electrons. The Morgan fingerprint density at radius 2 is 0.578 bits per heavy atom. The third-order valence-electron chi connectivity index (χ3n) is 6.21. The van der Waals surface area contributed by atoms with Gasteiger partial charge in [-0.05, 0) is 79.0 Å². The van der Waals surface area contributed by atoms with Gasteiger partial charge in [-0.15, -0.1) is 0 Å².